The number of benzene rings is 2. The van der Waals surface area contributed by atoms with Crippen molar-refractivity contribution in [3.8, 4) is 5.75 Å². The molecule has 32 heavy (non-hydrogen) atoms. The van der Waals surface area contributed by atoms with Gasteiger partial charge in [0.25, 0.3) is 5.91 Å². The van der Waals surface area contributed by atoms with E-state index in [1.165, 1.54) is 23.1 Å². The fraction of sp³-hybridized carbons (Fsp3) is 0.500. The first-order valence-corrected chi connectivity index (χ1v) is 12.1. The molecule has 2 atom stereocenters. The fourth-order valence-electron chi connectivity index (χ4n) is 5.14. The van der Waals surface area contributed by atoms with Crippen molar-refractivity contribution in [2.24, 2.45) is 5.73 Å². The second-order valence-corrected chi connectivity index (χ2v) is 9.43. The highest BCUT2D eigenvalue weighted by Gasteiger charge is 2.37. The number of hydrogen-bond donors (Lipinski definition) is 1. The highest BCUT2D eigenvalue weighted by molar-refractivity contribution is 6.30. The number of amides is 1. The highest BCUT2D eigenvalue weighted by atomic mass is 35.5. The highest BCUT2D eigenvalue weighted by Crippen LogP contribution is 2.39. The van der Waals surface area contributed by atoms with Gasteiger partial charge in [0.15, 0.2) is 0 Å². The van der Waals surface area contributed by atoms with E-state index >= 15 is 0 Å². The molecule has 2 saturated heterocycles. The van der Waals surface area contributed by atoms with Gasteiger partial charge in [0.2, 0.25) is 0 Å². The maximum absolute atomic E-state index is 13.0. The number of nitrogens with two attached hydrogens (primary N) is 1. The van der Waals surface area contributed by atoms with Crippen LogP contribution in [0.4, 0.5) is 0 Å². The molecule has 1 amide bonds. The van der Waals surface area contributed by atoms with Crippen LogP contribution >= 0.6 is 11.6 Å². The topological polar surface area (TPSA) is 58.8 Å². The van der Waals surface area contributed by atoms with Crippen LogP contribution in [0.1, 0.15) is 58.8 Å². The lowest BCUT2D eigenvalue weighted by atomic mass is 9.86. The summed E-state index contributed by atoms with van der Waals surface area (Å²) >= 11 is 5.99. The normalized spacial score (nSPS) is 21.3. The molecule has 2 aliphatic heterocycles. The summed E-state index contributed by atoms with van der Waals surface area (Å²) in [5, 5.41) is 0.656. The Morgan fingerprint density at radius 2 is 1.88 bits per heavy atom. The summed E-state index contributed by atoms with van der Waals surface area (Å²) in [6, 6.07) is 12.4. The van der Waals surface area contributed by atoms with Crippen LogP contribution in [0.3, 0.4) is 0 Å². The Morgan fingerprint density at radius 3 is 2.62 bits per heavy atom. The molecule has 0 radical (unpaired) electrons. The molecule has 5 nitrogen and oxygen atoms in total. The van der Waals surface area contributed by atoms with Crippen LogP contribution in [0.5, 0.6) is 5.75 Å². The molecule has 4 rings (SSSR count). The second-order valence-electron chi connectivity index (χ2n) is 8.99. The molecule has 2 heterocycles. The Bertz CT molecular complexity index is 947. The summed E-state index contributed by atoms with van der Waals surface area (Å²) in [6.07, 6.45) is 4.35. The third-order valence-electron chi connectivity index (χ3n) is 7.07. The minimum absolute atomic E-state index is 0.106. The van der Waals surface area contributed by atoms with Gasteiger partial charge >= 0.3 is 0 Å². The zero-order valence-corrected chi connectivity index (χ0v) is 19.9. The van der Waals surface area contributed by atoms with Crippen LogP contribution in [0.25, 0.3) is 0 Å². The second kappa shape index (κ2) is 10.2. The van der Waals surface area contributed by atoms with Crippen LogP contribution < -0.4 is 10.5 Å². The van der Waals surface area contributed by atoms with Gasteiger partial charge in [-0.15, -0.1) is 0 Å². The van der Waals surface area contributed by atoms with E-state index in [4.69, 9.17) is 22.1 Å². The molecule has 0 aliphatic carbocycles. The number of ether oxygens (including phenoxy) is 1. The van der Waals surface area contributed by atoms with Gasteiger partial charge in [0, 0.05) is 42.3 Å². The van der Waals surface area contributed by atoms with Gasteiger partial charge in [-0.3, -0.25) is 9.69 Å². The largest absolute Gasteiger partial charge is 0.493 e. The van der Waals surface area contributed by atoms with Gasteiger partial charge in [-0.05, 0) is 93.1 Å². The number of piperazine rings is 1. The zero-order chi connectivity index (χ0) is 22.7. The quantitative estimate of drug-likeness (QED) is 0.639. The van der Waals surface area contributed by atoms with Gasteiger partial charge in [0.1, 0.15) is 5.75 Å². The lowest BCUT2D eigenvalue weighted by Crippen LogP contribution is -2.57. The van der Waals surface area contributed by atoms with Crippen molar-refractivity contribution < 1.29 is 9.53 Å². The van der Waals surface area contributed by atoms with E-state index in [2.05, 4.69) is 30.9 Å². The number of halogens is 1. The van der Waals surface area contributed by atoms with Crippen LogP contribution in [0.2, 0.25) is 5.02 Å². The number of piperidine rings is 1. The Labute approximate surface area is 196 Å². The Morgan fingerprint density at radius 1 is 1.09 bits per heavy atom. The molecular formula is C26H34ClN3O2. The number of hydrogen-bond acceptors (Lipinski definition) is 4. The first kappa shape index (κ1) is 23.1. The molecule has 2 fully saturated rings. The van der Waals surface area contributed by atoms with Gasteiger partial charge in [-0.1, -0.05) is 17.7 Å². The van der Waals surface area contributed by atoms with E-state index < -0.39 is 0 Å². The van der Waals surface area contributed by atoms with Crippen molar-refractivity contribution in [2.75, 3.05) is 32.8 Å². The third-order valence-corrected chi connectivity index (χ3v) is 7.32. The van der Waals surface area contributed by atoms with Crippen molar-refractivity contribution in [2.45, 2.75) is 51.6 Å². The van der Waals surface area contributed by atoms with Crippen molar-refractivity contribution in [1.29, 1.82) is 0 Å². The van der Waals surface area contributed by atoms with Crippen LogP contribution in [0, 0.1) is 13.8 Å². The van der Waals surface area contributed by atoms with E-state index in [-0.39, 0.29) is 5.91 Å². The lowest BCUT2D eigenvalue weighted by Gasteiger charge is -2.48. The molecule has 0 saturated carbocycles. The standard InChI is InChI=1S/C26H34ClN3O2/c1-18-19(2)25(32-16-4-13-28)12-11-23(18)24-6-3-5-22-17-29(14-15-30(22)24)26(31)20-7-9-21(27)10-8-20/h7-12,22,24H,3-6,13-17,28H2,1-2H3/t22-,24?/m0/s1. The van der Waals surface area contributed by atoms with E-state index in [0.717, 1.165) is 44.6 Å². The monoisotopic (exact) mass is 455 g/mol. The molecule has 172 valence electrons. The SMILES string of the molecule is Cc1c(OCCCN)ccc(C2CCC[C@H]3CN(C(=O)c4ccc(Cl)cc4)CCN23)c1C. The minimum atomic E-state index is 0.106. The summed E-state index contributed by atoms with van der Waals surface area (Å²) in [5.41, 5.74) is 10.3. The molecule has 6 heteroatoms. The molecule has 2 N–H and O–H groups in total. The number of nitrogens with zero attached hydrogens (tertiary/aromatic N) is 2. The summed E-state index contributed by atoms with van der Waals surface area (Å²) in [5.74, 6) is 1.07. The van der Waals surface area contributed by atoms with E-state index in [0.29, 0.717) is 35.8 Å². The predicted octanol–water partition coefficient (Wildman–Crippen LogP) is 4.74. The third kappa shape index (κ3) is 4.80. The van der Waals surface area contributed by atoms with E-state index in [9.17, 15) is 4.79 Å². The molecule has 0 spiro atoms. The Kier molecular flexibility index (Phi) is 7.39. The molecule has 0 bridgehead atoms. The summed E-state index contributed by atoms with van der Waals surface area (Å²) in [7, 11) is 0. The zero-order valence-electron chi connectivity index (χ0n) is 19.1. The summed E-state index contributed by atoms with van der Waals surface area (Å²) in [4.78, 5) is 17.7. The van der Waals surface area contributed by atoms with Crippen LogP contribution in [0.15, 0.2) is 36.4 Å². The molecule has 2 aromatic carbocycles. The molecule has 0 aromatic heterocycles. The van der Waals surface area contributed by atoms with Crippen molar-refractivity contribution in [1.82, 2.24) is 9.80 Å². The molecule has 1 unspecified atom stereocenters. The van der Waals surface area contributed by atoms with Gasteiger partial charge < -0.3 is 15.4 Å². The molecule has 2 aliphatic rings. The predicted molar refractivity (Wildman–Crippen MR) is 130 cm³/mol. The van der Waals surface area contributed by atoms with Crippen molar-refractivity contribution in [3.05, 3.63) is 63.7 Å². The van der Waals surface area contributed by atoms with E-state index in [1.54, 1.807) is 12.1 Å². The van der Waals surface area contributed by atoms with E-state index in [1.807, 2.05) is 17.0 Å². The maximum atomic E-state index is 13.0. The number of carbonyl (C=O) groups is 1. The van der Waals surface area contributed by atoms with Crippen LogP contribution in [-0.2, 0) is 0 Å². The Balaban J connectivity index is 1.47. The van der Waals surface area contributed by atoms with Gasteiger partial charge in [0.05, 0.1) is 6.61 Å². The summed E-state index contributed by atoms with van der Waals surface area (Å²) in [6.45, 7) is 8.12. The number of carbonyl (C=O) groups excluding carboxylic acids is 1. The van der Waals surface area contributed by atoms with Gasteiger partial charge in [-0.2, -0.15) is 0 Å². The smallest absolute Gasteiger partial charge is 0.253 e. The lowest BCUT2D eigenvalue weighted by molar-refractivity contribution is 0.0101. The van der Waals surface area contributed by atoms with Crippen molar-refractivity contribution in [3.63, 3.8) is 0 Å². The summed E-state index contributed by atoms with van der Waals surface area (Å²) < 4.78 is 5.95. The average molecular weight is 456 g/mol. The van der Waals surface area contributed by atoms with Crippen LogP contribution in [-0.4, -0.2) is 54.5 Å². The number of fused-ring (bicyclic) bond motifs is 1. The first-order valence-electron chi connectivity index (χ1n) is 11.7. The van der Waals surface area contributed by atoms with Crippen molar-refractivity contribution >= 4 is 17.5 Å². The minimum Gasteiger partial charge on any atom is -0.493 e. The maximum Gasteiger partial charge on any atom is 0.253 e. The Hall–Kier alpha value is -2.08. The average Bonchev–Trinajstić information content (AvgIpc) is 2.81. The van der Waals surface area contributed by atoms with Gasteiger partial charge in [-0.25, -0.2) is 0 Å². The molecular weight excluding hydrogens is 422 g/mol. The first-order chi connectivity index (χ1) is 15.5. The number of rotatable bonds is 6. The molecule has 2 aromatic rings. The fourth-order valence-corrected chi connectivity index (χ4v) is 5.27.